The molecule has 0 saturated heterocycles. The first-order valence-corrected chi connectivity index (χ1v) is 8.62. The Morgan fingerprint density at radius 1 is 1.19 bits per heavy atom. The third kappa shape index (κ3) is 4.54. The van der Waals surface area contributed by atoms with Crippen LogP contribution in [0.25, 0.3) is 0 Å². The van der Waals surface area contributed by atoms with Gasteiger partial charge in [0, 0.05) is 6.04 Å². The van der Waals surface area contributed by atoms with Crippen molar-refractivity contribution in [1.82, 2.24) is 5.32 Å². The van der Waals surface area contributed by atoms with Crippen molar-refractivity contribution in [1.29, 1.82) is 0 Å². The van der Waals surface area contributed by atoms with E-state index in [2.05, 4.69) is 26.1 Å². The van der Waals surface area contributed by atoms with E-state index in [1.54, 1.807) is 12.1 Å². The molecule has 1 N–H and O–H groups in total. The molecule has 0 aromatic heterocycles. The van der Waals surface area contributed by atoms with Gasteiger partial charge in [-0.2, -0.15) is 0 Å². The van der Waals surface area contributed by atoms with Gasteiger partial charge in [0.25, 0.3) is 0 Å². The van der Waals surface area contributed by atoms with Gasteiger partial charge in [-0.25, -0.2) is 4.39 Å². The van der Waals surface area contributed by atoms with E-state index < -0.39 is 0 Å². The first kappa shape index (κ1) is 16.5. The first-order valence-electron chi connectivity index (χ1n) is 8.62. The Kier molecular flexibility index (Phi) is 6.22. The topological polar surface area (TPSA) is 12.0 Å². The summed E-state index contributed by atoms with van der Waals surface area (Å²) in [6.45, 7) is 7.56. The zero-order valence-electron chi connectivity index (χ0n) is 13.8. The van der Waals surface area contributed by atoms with Crippen molar-refractivity contribution in [3.05, 3.63) is 35.1 Å². The number of hydrogen-bond donors (Lipinski definition) is 1. The van der Waals surface area contributed by atoms with E-state index in [1.165, 1.54) is 43.2 Å². The highest BCUT2D eigenvalue weighted by molar-refractivity contribution is 5.27. The molecular weight excluding hydrogens is 261 g/mol. The normalized spacial score (nSPS) is 24.0. The van der Waals surface area contributed by atoms with Crippen molar-refractivity contribution in [2.45, 2.75) is 65.3 Å². The van der Waals surface area contributed by atoms with E-state index in [1.807, 2.05) is 6.07 Å². The molecule has 1 aliphatic rings. The lowest BCUT2D eigenvalue weighted by Gasteiger charge is -2.34. The molecule has 1 saturated carbocycles. The fraction of sp³-hybridized carbons (Fsp3) is 0.684. The Labute approximate surface area is 129 Å². The van der Waals surface area contributed by atoms with Gasteiger partial charge in [-0.05, 0) is 67.8 Å². The number of aryl methyl sites for hydroxylation is 1. The standard InChI is InChI=1S/C19H30FN/c1-4-15-7-9-16(10-8-15)19(21-5-2)13-17-12-18(20)11-6-14(17)3/h6,11-12,15-16,19,21H,4-5,7-10,13H2,1-3H3. The molecule has 21 heavy (non-hydrogen) atoms. The highest BCUT2D eigenvalue weighted by Crippen LogP contribution is 2.33. The molecule has 1 aromatic rings. The number of benzene rings is 1. The summed E-state index contributed by atoms with van der Waals surface area (Å²) in [6.07, 6.45) is 7.66. The average molecular weight is 291 g/mol. The molecule has 1 aromatic carbocycles. The number of rotatable bonds is 6. The molecule has 2 heteroatoms. The molecule has 0 spiro atoms. The van der Waals surface area contributed by atoms with E-state index in [0.717, 1.165) is 24.8 Å². The summed E-state index contributed by atoms with van der Waals surface area (Å²) >= 11 is 0. The van der Waals surface area contributed by atoms with Gasteiger partial charge in [-0.1, -0.05) is 39.2 Å². The summed E-state index contributed by atoms with van der Waals surface area (Å²) in [5, 5.41) is 3.66. The maximum absolute atomic E-state index is 13.5. The van der Waals surface area contributed by atoms with E-state index in [4.69, 9.17) is 0 Å². The maximum atomic E-state index is 13.5. The molecular formula is C19H30FN. The lowest BCUT2D eigenvalue weighted by molar-refractivity contribution is 0.217. The fourth-order valence-electron chi connectivity index (χ4n) is 3.76. The van der Waals surface area contributed by atoms with Crippen LogP contribution in [0.4, 0.5) is 4.39 Å². The highest BCUT2D eigenvalue weighted by Gasteiger charge is 2.27. The van der Waals surface area contributed by atoms with Gasteiger partial charge in [0.05, 0.1) is 0 Å². The molecule has 2 rings (SSSR count). The van der Waals surface area contributed by atoms with Gasteiger partial charge >= 0.3 is 0 Å². The monoisotopic (exact) mass is 291 g/mol. The van der Waals surface area contributed by atoms with Crippen LogP contribution in [-0.2, 0) is 6.42 Å². The molecule has 1 nitrogen and oxygen atoms in total. The maximum Gasteiger partial charge on any atom is 0.123 e. The number of halogens is 1. The van der Waals surface area contributed by atoms with Gasteiger partial charge in [0.15, 0.2) is 0 Å². The summed E-state index contributed by atoms with van der Waals surface area (Å²) in [6, 6.07) is 5.68. The first-order chi connectivity index (χ1) is 10.1. The van der Waals surface area contributed by atoms with E-state index in [-0.39, 0.29) is 5.82 Å². The van der Waals surface area contributed by atoms with Crippen molar-refractivity contribution in [3.8, 4) is 0 Å². The number of likely N-dealkylation sites (N-methyl/N-ethyl adjacent to an activating group) is 1. The third-order valence-electron chi connectivity index (χ3n) is 5.26. The molecule has 0 aliphatic heterocycles. The van der Waals surface area contributed by atoms with Crippen LogP contribution >= 0.6 is 0 Å². The molecule has 0 bridgehead atoms. The minimum absolute atomic E-state index is 0.111. The molecule has 118 valence electrons. The van der Waals surface area contributed by atoms with Gasteiger partial charge < -0.3 is 5.32 Å². The SMILES string of the molecule is CCNC(Cc1cc(F)ccc1C)C1CCC(CC)CC1. The van der Waals surface area contributed by atoms with Crippen LogP contribution in [-0.4, -0.2) is 12.6 Å². The zero-order chi connectivity index (χ0) is 15.2. The predicted molar refractivity (Wildman–Crippen MR) is 88.0 cm³/mol. The van der Waals surface area contributed by atoms with Crippen LogP contribution in [0.5, 0.6) is 0 Å². The lowest BCUT2D eigenvalue weighted by atomic mass is 9.76. The highest BCUT2D eigenvalue weighted by atomic mass is 19.1. The average Bonchev–Trinajstić information content (AvgIpc) is 2.50. The third-order valence-corrected chi connectivity index (χ3v) is 5.26. The Morgan fingerprint density at radius 3 is 2.52 bits per heavy atom. The molecule has 1 unspecified atom stereocenters. The molecule has 1 fully saturated rings. The molecule has 0 amide bonds. The number of hydrogen-bond acceptors (Lipinski definition) is 1. The van der Waals surface area contributed by atoms with E-state index in [9.17, 15) is 4.39 Å². The van der Waals surface area contributed by atoms with Gasteiger partial charge in [-0.15, -0.1) is 0 Å². The molecule has 1 aliphatic carbocycles. The van der Waals surface area contributed by atoms with Crippen molar-refractivity contribution in [3.63, 3.8) is 0 Å². The van der Waals surface area contributed by atoms with Gasteiger partial charge in [-0.3, -0.25) is 0 Å². The summed E-state index contributed by atoms with van der Waals surface area (Å²) in [5.41, 5.74) is 2.38. The minimum atomic E-state index is -0.111. The Balaban J connectivity index is 2.03. The largest absolute Gasteiger partial charge is 0.314 e. The van der Waals surface area contributed by atoms with E-state index >= 15 is 0 Å². The van der Waals surface area contributed by atoms with Crippen LogP contribution < -0.4 is 5.32 Å². The second-order valence-corrected chi connectivity index (χ2v) is 6.63. The van der Waals surface area contributed by atoms with Gasteiger partial charge in [0.1, 0.15) is 5.82 Å². The quantitative estimate of drug-likeness (QED) is 0.788. The van der Waals surface area contributed by atoms with Crippen molar-refractivity contribution < 1.29 is 4.39 Å². The van der Waals surface area contributed by atoms with Crippen LogP contribution in [0.2, 0.25) is 0 Å². The second kappa shape index (κ2) is 7.93. The van der Waals surface area contributed by atoms with Crippen molar-refractivity contribution in [2.75, 3.05) is 6.54 Å². The zero-order valence-corrected chi connectivity index (χ0v) is 13.8. The predicted octanol–water partition coefficient (Wildman–Crippen LogP) is 4.87. The summed E-state index contributed by atoms with van der Waals surface area (Å²) in [5.74, 6) is 1.57. The smallest absolute Gasteiger partial charge is 0.123 e. The summed E-state index contributed by atoms with van der Waals surface area (Å²) < 4.78 is 13.5. The molecule has 0 radical (unpaired) electrons. The fourth-order valence-corrected chi connectivity index (χ4v) is 3.76. The van der Waals surface area contributed by atoms with Crippen molar-refractivity contribution >= 4 is 0 Å². The lowest BCUT2D eigenvalue weighted by Crippen LogP contribution is -2.39. The van der Waals surface area contributed by atoms with Crippen LogP contribution in [0, 0.1) is 24.6 Å². The van der Waals surface area contributed by atoms with E-state index in [0.29, 0.717) is 6.04 Å². The number of nitrogens with one attached hydrogen (secondary N) is 1. The van der Waals surface area contributed by atoms with Gasteiger partial charge in [0.2, 0.25) is 0 Å². The second-order valence-electron chi connectivity index (χ2n) is 6.63. The Morgan fingerprint density at radius 2 is 1.90 bits per heavy atom. The minimum Gasteiger partial charge on any atom is -0.314 e. The molecule has 0 heterocycles. The Hall–Kier alpha value is -0.890. The van der Waals surface area contributed by atoms with Crippen LogP contribution in [0.1, 0.15) is 57.1 Å². The summed E-state index contributed by atoms with van der Waals surface area (Å²) in [4.78, 5) is 0. The van der Waals surface area contributed by atoms with Crippen LogP contribution in [0.3, 0.4) is 0 Å². The Bertz CT molecular complexity index is 435. The van der Waals surface area contributed by atoms with Crippen LogP contribution in [0.15, 0.2) is 18.2 Å². The molecule has 1 atom stereocenters. The van der Waals surface area contributed by atoms with Crippen molar-refractivity contribution in [2.24, 2.45) is 11.8 Å². The summed E-state index contributed by atoms with van der Waals surface area (Å²) in [7, 11) is 0.